The molecule has 0 aromatic heterocycles. The SMILES string of the molecule is CC1CC=CC2=C1OC1C=CC=C(NC3=CCCCC3)C21. The van der Waals surface area contributed by atoms with Gasteiger partial charge in [0.1, 0.15) is 11.9 Å². The first-order valence-corrected chi connectivity index (χ1v) is 8.24. The predicted molar refractivity (Wildman–Crippen MR) is 85.2 cm³/mol. The number of rotatable bonds is 2. The van der Waals surface area contributed by atoms with Gasteiger partial charge in [0.2, 0.25) is 0 Å². The van der Waals surface area contributed by atoms with Crippen LogP contribution in [0.15, 0.2) is 59.2 Å². The largest absolute Gasteiger partial charge is 0.489 e. The minimum absolute atomic E-state index is 0.178. The lowest BCUT2D eigenvalue weighted by molar-refractivity contribution is 0.138. The van der Waals surface area contributed by atoms with E-state index in [2.05, 4.69) is 48.7 Å². The van der Waals surface area contributed by atoms with Crippen molar-refractivity contribution in [2.24, 2.45) is 11.8 Å². The first kappa shape index (κ1) is 13.0. The Balaban J connectivity index is 1.62. The Labute approximate surface area is 127 Å². The van der Waals surface area contributed by atoms with Crippen LogP contribution < -0.4 is 5.32 Å². The minimum atomic E-state index is 0.178. The van der Waals surface area contributed by atoms with Crippen molar-refractivity contribution in [1.82, 2.24) is 5.32 Å². The van der Waals surface area contributed by atoms with E-state index >= 15 is 0 Å². The molecule has 21 heavy (non-hydrogen) atoms. The standard InChI is InChI=1S/C19H23NO/c1-13-7-5-10-15-18-16(20-14-8-3-2-4-9-14)11-6-12-17(18)21-19(13)15/h5-6,8,10-13,17-18,20H,2-4,7,9H2,1H3. The van der Waals surface area contributed by atoms with Crippen molar-refractivity contribution < 1.29 is 4.74 Å². The Morgan fingerprint density at radius 3 is 3.10 bits per heavy atom. The van der Waals surface area contributed by atoms with Crippen LogP contribution in [0.2, 0.25) is 0 Å². The highest BCUT2D eigenvalue weighted by Crippen LogP contribution is 2.44. The summed E-state index contributed by atoms with van der Waals surface area (Å²) >= 11 is 0. The first-order valence-electron chi connectivity index (χ1n) is 8.24. The molecule has 0 aromatic rings. The van der Waals surface area contributed by atoms with Gasteiger partial charge in [0.05, 0.1) is 5.92 Å². The van der Waals surface area contributed by atoms with E-state index in [0.717, 1.165) is 6.42 Å². The van der Waals surface area contributed by atoms with Crippen molar-refractivity contribution in [3.8, 4) is 0 Å². The van der Waals surface area contributed by atoms with E-state index < -0.39 is 0 Å². The van der Waals surface area contributed by atoms with E-state index in [4.69, 9.17) is 4.74 Å². The molecule has 0 radical (unpaired) electrons. The molecule has 3 aliphatic carbocycles. The van der Waals surface area contributed by atoms with Gasteiger partial charge in [-0.15, -0.1) is 0 Å². The summed E-state index contributed by atoms with van der Waals surface area (Å²) in [5.74, 6) is 2.08. The van der Waals surface area contributed by atoms with Crippen molar-refractivity contribution >= 4 is 0 Å². The molecule has 1 N–H and O–H groups in total. The van der Waals surface area contributed by atoms with Gasteiger partial charge in [-0.05, 0) is 44.3 Å². The van der Waals surface area contributed by atoms with Crippen LogP contribution in [0.25, 0.3) is 0 Å². The highest BCUT2D eigenvalue weighted by atomic mass is 16.5. The monoisotopic (exact) mass is 281 g/mol. The number of fused-ring (bicyclic) bond motifs is 2. The van der Waals surface area contributed by atoms with Gasteiger partial charge in [-0.1, -0.05) is 31.2 Å². The summed E-state index contributed by atoms with van der Waals surface area (Å²) in [7, 11) is 0. The molecule has 1 aliphatic heterocycles. The lowest BCUT2D eigenvalue weighted by atomic mass is 9.83. The Morgan fingerprint density at radius 1 is 1.29 bits per heavy atom. The van der Waals surface area contributed by atoms with Crippen LogP contribution in [0.4, 0.5) is 0 Å². The van der Waals surface area contributed by atoms with Crippen molar-refractivity contribution in [3.63, 3.8) is 0 Å². The Morgan fingerprint density at radius 2 is 2.24 bits per heavy atom. The number of allylic oxidation sites excluding steroid dienone is 7. The molecule has 4 rings (SSSR count). The van der Waals surface area contributed by atoms with Crippen molar-refractivity contribution in [3.05, 3.63) is 59.2 Å². The number of ether oxygens (including phenoxy) is 1. The molecule has 0 fully saturated rings. The fourth-order valence-corrected chi connectivity index (χ4v) is 3.83. The van der Waals surface area contributed by atoms with Crippen LogP contribution in [0, 0.1) is 11.8 Å². The quantitative estimate of drug-likeness (QED) is 0.812. The van der Waals surface area contributed by atoms with Gasteiger partial charge in [-0.3, -0.25) is 0 Å². The van der Waals surface area contributed by atoms with Gasteiger partial charge in [0.15, 0.2) is 0 Å². The van der Waals surface area contributed by atoms with Gasteiger partial charge in [-0.2, -0.15) is 0 Å². The van der Waals surface area contributed by atoms with E-state index in [0.29, 0.717) is 11.8 Å². The smallest absolute Gasteiger partial charge is 0.129 e. The molecule has 3 atom stereocenters. The molecule has 0 saturated carbocycles. The van der Waals surface area contributed by atoms with Crippen LogP contribution in [-0.2, 0) is 4.74 Å². The van der Waals surface area contributed by atoms with Gasteiger partial charge in [0, 0.05) is 22.9 Å². The Hall–Kier alpha value is -1.70. The second-order valence-electron chi connectivity index (χ2n) is 6.53. The second-order valence-corrected chi connectivity index (χ2v) is 6.53. The van der Waals surface area contributed by atoms with Crippen molar-refractivity contribution in [1.29, 1.82) is 0 Å². The van der Waals surface area contributed by atoms with Crippen molar-refractivity contribution in [2.75, 3.05) is 0 Å². The fraction of sp³-hybridized carbons (Fsp3) is 0.474. The molecule has 2 heteroatoms. The van der Waals surface area contributed by atoms with Crippen LogP contribution in [-0.4, -0.2) is 6.10 Å². The molecule has 110 valence electrons. The van der Waals surface area contributed by atoms with E-state index in [1.54, 1.807) is 0 Å². The van der Waals surface area contributed by atoms with Crippen LogP contribution >= 0.6 is 0 Å². The third-order valence-electron chi connectivity index (χ3n) is 4.95. The van der Waals surface area contributed by atoms with Gasteiger partial charge < -0.3 is 10.1 Å². The van der Waals surface area contributed by atoms with E-state index in [-0.39, 0.29) is 6.10 Å². The molecule has 0 saturated heterocycles. The summed E-state index contributed by atoms with van der Waals surface area (Å²) in [6.07, 6.45) is 19.8. The predicted octanol–water partition coefficient (Wildman–Crippen LogP) is 4.35. The molecule has 0 amide bonds. The van der Waals surface area contributed by atoms with Gasteiger partial charge in [-0.25, -0.2) is 0 Å². The average molecular weight is 281 g/mol. The topological polar surface area (TPSA) is 21.3 Å². The summed E-state index contributed by atoms with van der Waals surface area (Å²) in [5, 5.41) is 3.70. The van der Waals surface area contributed by atoms with E-state index in [9.17, 15) is 0 Å². The van der Waals surface area contributed by atoms with Crippen LogP contribution in [0.3, 0.4) is 0 Å². The minimum Gasteiger partial charge on any atom is -0.489 e. The zero-order chi connectivity index (χ0) is 14.2. The summed E-state index contributed by atoms with van der Waals surface area (Å²) < 4.78 is 6.24. The zero-order valence-corrected chi connectivity index (χ0v) is 12.6. The maximum atomic E-state index is 6.24. The fourth-order valence-electron chi connectivity index (χ4n) is 3.83. The summed E-state index contributed by atoms with van der Waals surface area (Å²) in [5.41, 5.74) is 4.08. The highest BCUT2D eigenvalue weighted by Gasteiger charge is 2.40. The number of hydrogen-bond acceptors (Lipinski definition) is 2. The normalized spacial score (nSPS) is 33.9. The first-order chi connectivity index (χ1) is 10.3. The van der Waals surface area contributed by atoms with Crippen LogP contribution in [0.5, 0.6) is 0 Å². The lowest BCUT2D eigenvalue weighted by Gasteiger charge is -2.26. The molecule has 0 spiro atoms. The second kappa shape index (κ2) is 5.25. The molecular weight excluding hydrogens is 258 g/mol. The van der Waals surface area contributed by atoms with Crippen molar-refractivity contribution in [2.45, 2.75) is 45.1 Å². The molecule has 0 bridgehead atoms. The zero-order valence-electron chi connectivity index (χ0n) is 12.6. The van der Waals surface area contributed by atoms with Gasteiger partial charge in [0.25, 0.3) is 0 Å². The highest BCUT2D eigenvalue weighted by molar-refractivity contribution is 5.44. The summed E-state index contributed by atoms with van der Waals surface area (Å²) in [6.45, 7) is 2.26. The molecule has 4 aliphatic rings. The van der Waals surface area contributed by atoms with Crippen LogP contribution in [0.1, 0.15) is 39.0 Å². The molecule has 2 nitrogen and oxygen atoms in total. The average Bonchev–Trinajstić information content (AvgIpc) is 2.90. The molecular formula is C19H23NO. The lowest BCUT2D eigenvalue weighted by Crippen LogP contribution is -2.29. The Bertz CT molecular complexity index is 591. The molecule has 3 unspecified atom stereocenters. The van der Waals surface area contributed by atoms with Gasteiger partial charge >= 0.3 is 0 Å². The number of nitrogens with one attached hydrogen (secondary N) is 1. The summed E-state index contributed by atoms with van der Waals surface area (Å²) in [6, 6.07) is 0. The van der Waals surface area contributed by atoms with E-state index in [1.165, 1.54) is 48.4 Å². The van der Waals surface area contributed by atoms with E-state index in [1.807, 2.05) is 0 Å². The number of hydrogen-bond donors (Lipinski definition) is 1. The maximum absolute atomic E-state index is 6.24. The third kappa shape index (κ3) is 2.27. The Kier molecular flexibility index (Phi) is 3.25. The molecule has 1 heterocycles. The third-order valence-corrected chi connectivity index (χ3v) is 4.95. The molecule has 0 aromatic carbocycles. The summed E-state index contributed by atoms with van der Waals surface area (Å²) in [4.78, 5) is 0. The maximum Gasteiger partial charge on any atom is 0.129 e.